The molecule has 7 nitrogen and oxygen atoms in total. The van der Waals surface area contributed by atoms with Gasteiger partial charge in [0.2, 0.25) is 0 Å². The van der Waals surface area contributed by atoms with Crippen molar-refractivity contribution >= 4 is 165 Å². The lowest BCUT2D eigenvalue weighted by Gasteiger charge is -2.08. The average molecular weight is 1100 g/mol. The highest BCUT2D eigenvalue weighted by atomic mass is 32.2. The number of hydrogen-bond donors (Lipinski definition) is 6. The first-order valence-electron chi connectivity index (χ1n) is 19.9. The molecule has 0 amide bonds. The molecule has 0 unspecified atom stereocenters. The molecule has 0 radical (unpaired) electrons. The molecule has 0 aliphatic rings. The molecule has 67 heavy (non-hydrogen) atoms. The molecule has 5 aromatic rings. The van der Waals surface area contributed by atoms with E-state index in [0.29, 0.717) is 20.9 Å². The van der Waals surface area contributed by atoms with Crippen LogP contribution in [0.1, 0.15) is 29.2 Å². The van der Waals surface area contributed by atoms with Gasteiger partial charge in [0.05, 0.1) is 19.3 Å². The molecule has 5 rings (SSSR count). The maximum atomic E-state index is 12.2. The van der Waals surface area contributed by atoms with Crippen molar-refractivity contribution in [1.82, 2.24) is 5.32 Å². The van der Waals surface area contributed by atoms with Crippen LogP contribution in [0.25, 0.3) is 0 Å². The Morgan fingerprint density at radius 1 is 0.537 bits per heavy atom. The fourth-order valence-electron chi connectivity index (χ4n) is 4.60. The number of rotatable bonds is 10. The molecule has 5 aromatic carbocycles. The number of aryl methyl sites for hydroxylation is 2. The van der Waals surface area contributed by atoms with E-state index in [1.807, 2.05) is 86.4 Å². The fourth-order valence-corrected chi connectivity index (χ4v) is 6.16. The summed E-state index contributed by atoms with van der Waals surface area (Å²) in [5.74, 6) is 1.73. The molecule has 0 atom stereocenters. The lowest BCUT2D eigenvalue weighted by Crippen LogP contribution is -2.19. The minimum Gasteiger partial charge on any atom is -0.497 e. The van der Waals surface area contributed by atoms with Crippen molar-refractivity contribution in [3.05, 3.63) is 144 Å². The first kappa shape index (κ1) is 61.7. The molecule has 362 valence electrons. The summed E-state index contributed by atoms with van der Waals surface area (Å²) < 4.78 is 50.4. The Morgan fingerprint density at radius 2 is 0.866 bits per heavy atom. The molecule has 0 spiro atoms. The van der Waals surface area contributed by atoms with Gasteiger partial charge in [-0.25, -0.2) is 0 Å². The zero-order valence-electron chi connectivity index (χ0n) is 38.2. The van der Waals surface area contributed by atoms with E-state index in [1.165, 1.54) is 64.1 Å². The lowest BCUT2D eigenvalue weighted by molar-refractivity contribution is -0.137. The van der Waals surface area contributed by atoms with Gasteiger partial charge >= 0.3 is 6.18 Å². The van der Waals surface area contributed by atoms with Gasteiger partial charge in [-0.2, -0.15) is 13.2 Å². The summed E-state index contributed by atoms with van der Waals surface area (Å²) in [6.07, 6.45) is 4.34. The van der Waals surface area contributed by atoms with Crippen molar-refractivity contribution in [2.45, 2.75) is 33.4 Å². The Balaban J connectivity index is 0.000000420. The lowest BCUT2D eigenvalue weighted by atomic mass is 10.1. The quantitative estimate of drug-likeness (QED) is 0.0593. The van der Waals surface area contributed by atoms with Gasteiger partial charge in [0.25, 0.3) is 0 Å². The first-order valence-corrected chi connectivity index (χ1v) is 27.3. The van der Waals surface area contributed by atoms with Crippen molar-refractivity contribution < 1.29 is 22.6 Å². The number of hydrogen-bond acceptors (Lipinski definition) is 11. The summed E-state index contributed by atoms with van der Waals surface area (Å²) in [5.41, 5.74) is 6.80. The van der Waals surface area contributed by atoms with Crippen LogP contribution in [0.15, 0.2) is 121 Å². The molecule has 5 N–H and O–H groups in total. The van der Waals surface area contributed by atoms with Gasteiger partial charge in [-0.15, -0.1) is 59.7 Å². The summed E-state index contributed by atoms with van der Waals surface area (Å²) in [5, 5.41) is 15.1. The number of halogens is 3. The summed E-state index contributed by atoms with van der Waals surface area (Å²) in [7, 11) is 1.65. The van der Waals surface area contributed by atoms with E-state index in [4.69, 9.17) is 70.6 Å². The van der Waals surface area contributed by atoms with Crippen LogP contribution in [0.5, 0.6) is 11.5 Å². The van der Waals surface area contributed by atoms with Crippen LogP contribution in [0.4, 0.5) is 35.9 Å². The van der Waals surface area contributed by atoms with Gasteiger partial charge in [0, 0.05) is 29.3 Å². The number of thioether (sulfide) groups is 4. The highest BCUT2D eigenvalue weighted by Crippen LogP contribution is 2.30. The molecule has 0 bridgehead atoms. The zero-order valence-corrected chi connectivity index (χ0v) is 46.5. The summed E-state index contributed by atoms with van der Waals surface area (Å²) in [6.45, 7) is 7.66. The Labute approximate surface area is 444 Å². The number of benzene rings is 5. The monoisotopic (exact) mass is 1100 g/mol. The Morgan fingerprint density at radius 3 is 1.18 bits per heavy atom. The number of thiol groups is 1. The smallest absolute Gasteiger partial charge is 0.416 e. The minimum absolute atomic E-state index is 0.523. The molecular formula is C47H56F3N5O2S10. The standard InChI is InChI=1S/C10H13NOS2.C10H13NS2.C9H8F3NS2.C9H11NOS2.C9H11NS2/c1-3-12-9-6-4-8(5-7-9)11-10(13)14-2;1-8-2-4-9(5-3-8)6-7-11-10(12)13;1-15-8(14)13-7-4-2-6(3-5-7)9(10,11)12;1-11-8-5-3-7(4-6-8)10-9(12)13-2;1-7-3-5-8(6-4-7)10-9(11)12-2/h4-7H,3H2,1-2H3,(H,11,13);2-5H,6-7H2,1H3,(H2,11,12,13);2-5H,1H3,(H,13,14);3-6H,1-2H3,(H,10,12);3-6H,1-2H3,(H,10,11). The third-order valence-electron chi connectivity index (χ3n) is 8.06. The number of thiocarbonyl (C=S) groups is 5. The Hall–Kier alpha value is -3.31. The largest absolute Gasteiger partial charge is 0.497 e. The van der Waals surface area contributed by atoms with Crippen LogP contribution in [-0.2, 0) is 12.6 Å². The second-order valence-corrected chi connectivity index (χ2v) is 20.2. The third-order valence-corrected chi connectivity index (χ3v) is 12.7. The van der Waals surface area contributed by atoms with Crippen LogP contribution in [-0.4, -0.2) is 66.9 Å². The molecule has 0 aromatic heterocycles. The van der Waals surface area contributed by atoms with Crippen LogP contribution in [0, 0.1) is 13.8 Å². The number of nitrogens with one attached hydrogen (secondary N) is 5. The maximum absolute atomic E-state index is 12.2. The van der Waals surface area contributed by atoms with E-state index in [0.717, 1.165) is 66.6 Å². The van der Waals surface area contributed by atoms with E-state index < -0.39 is 11.7 Å². The van der Waals surface area contributed by atoms with Gasteiger partial charge < -0.3 is 36.1 Å². The van der Waals surface area contributed by atoms with Gasteiger partial charge in [-0.3, -0.25) is 0 Å². The first-order chi connectivity index (χ1) is 31.8. The van der Waals surface area contributed by atoms with E-state index >= 15 is 0 Å². The van der Waals surface area contributed by atoms with Crippen LogP contribution < -0.4 is 36.1 Å². The highest BCUT2D eigenvalue weighted by Gasteiger charge is 2.29. The van der Waals surface area contributed by atoms with E-state index in [2.05, 4.69) is 89.5 Å². The second-order valence-electron chi connectivity index (χ2n) is 13.1. The van der Waals surface area contributed by atoms with Gasteiger partial charge in [0.15, 0.2) is 0 Å². The molecule has 0 saturated carbocycles. The number of ether oxygens (including phenoxy) is 2. The number of methoxy groups -OCH3 is 1. The van der Waals surface area contributed by atoms with Gasteiger partial charge in [0.1, 0.15) is 33.1 Å². The molecular weight excluding hydrogens is 1040 g/mol. The van der Waals surface area contributed by atoms with Crippen molar-refractivity contribution in [2.75, 3.05) is 66.6 Å². The predicted molar refractivity (Wildman–Crippen MR) is 317 cm³/mol. The van der Waals surface area contributed by atoms with Crippen molar-refractivity contribution in [3.63, 3.8) is 0 Å². The van der Waals surface area contributed by atoms with E-state index in [-0.39, 0.29) is 0 Å². The fraction of sp³-hybridized carbons (Fsp3) is 0.255. The molecule has 0 aliphatic carbocycles. The Kier molecular flexibility index (Phi) is 32.9. The van der Waals surface area contributed by atoms with Gasteiger partial charge in [-0.1, -0.05) is 109 Å². The topological polar surface area (TPSA) is 78.6 Å². The minimum atomic E-state index is -4.29. The van der Waals surface area contributed by atoms with Crippen molar-refractivity contribution in [1.29, 1.82) is 0 Å². The normalized spacial score (nSPS) is 9.91. The summed E-state index contributed by atoms with van der Waals surface area (Å²) in [6, 6.07) is 36.8. The van der Waals surface area contributed by atoms with Crippen LogP contribution in [0.2, 0.25) is 0 Å². The van der Waals surface area contributed by atoms with Crippen molar-refractivity contribution in [2.24, 2.45) is 0 Å². The Bertz CT molecular complexity index is 2220. The maximum Gasteiger partial charge on any atom is 0.416 e. The average Bonchev–Trinajstić information content (AvgIpc) is 3.32. The number of anilines is 4. The predicted octanol–water partition coefficient (Wildman–Crippen LogP) is 15.1. The number of alkyl halides is 3. The van der Waals surface area contributed by atoms with E-state index in [1.54, 1.807) is 25.1 Å². The second kappa shape index (κ2) is 35.8. The molecule has 0 saturated heterocycles. The zero-order chi connectivity index (χ0) is 50.2. The van der Waals surface area contributed by atoms with Crippen molar-refractivity contribution in [3.8, 4) is 11.5 Å². The molecule has 0 heterocycles. The molecule has 0 aliphatic heterocycles. The summed E-state index contributed by atoms with van der Waals surface area (Å²) in [4.78, 5) is 0. The third kappa shape index (κ3) is 30.0. The van der Waals surface area contributed by atoms with Crippen LogP contribution >= 0.6 is 121 Å². The SMILES string of the molecule is CCOc1ccc(NC(=S)SC)cc1.COc1ccc(NC(=S)SC)cc1.CSC(=S)Nc1ccc(C(F)(F)F)cc1.CSC(=S)Nc1ccc(C)cc1.Cc1ccc(CCNC(=S)S)cc1. The molecule has 0 fully saturated rings. The molecule has 20 heteroatoms. The van der Waals surface area contributed by atoms with Crippen LogP contribution in [0.3, 0.4) is 0 Å². The van der Waals surface area contributed by atoms with E-state index in [9.17, 15) is 13.2 Å². The highest BCUT2D eigenvalue weighted by molar-refractivity contribution is 8.24. The summed E-state index contributed by atoms with van der Waals surface area (Å²) >= 11 is 34.6. The van der Waals surface area contributed by atoms with Gasteiger partial charge in [-0.05, 0) is 143 Å².